The van der Waals surface area contributed by atoms with Gasteiger partial charge in [-0.1, -0.05) is 5.21 Å². The second-order valence-electron chi connectivity index (χ2n) is 1.41. The molecule has 1 rings (SSSR count). The molecule has 0 amide bonds. The highest BCUT2D eigenvalue weighted by Gasteiger charge is 1.97. The molecule has 5 heteroatoms. The van der Waals surface area contributed by atoms with Gasteiger partial charge >= 0.3 is 5.97 Å². The van der Waals surface area contributed by atoms with Crippen LogP contribution >= 0.6 is 0 Å². The van der Waals surface area contributed by atoms with Crippen LogP contribution in [0.15, 0.2) is 6.20 Å². The molecule has 9 heavy (non-hydrogen) atoms. The Labute approximate surface area is 50.9 Å². The van der Waals surface area contributed by atoms with Gasteiger partial charge in [-0.05, 0) is 0 Å². The van der Waals surface area contributed by atoms with Crippen molar-refractivity contribution in [1.82, 2.24) is 15.0 Å². The largest absolute Gasteiger partial charge is 0.480 e. The van der Waals surface area contributed by atoms with E-state index in [4.69, 9.17) is 5.11 Å². The van der Waals surface area contributed by atoms with E-state index in [1.807, 2.05) is 0 Å². The third-order valence-electron chi connectivity index (χ3n) is 0.709. The maximum absolute atomic E-state index is 9.96. The molecule has 0 aliphatic heterocycles. The van der Waals surface area contributed by atoms with E-state index in [1.54, 1.807) is 0 Å². The van der Waals surface area contributed by atoms with Crippen molar-refractivity contribution in [3.05, 3.63) is 12.4 Å². The van der Waals surface area contributed by atoms with Crippen LogP contribution in [0.2, 0.25) is 0 Å². The Morgan fingerprint density at radius 3 is 3.11 bits per heavy atom. The van der Waals surface area contributed by atoms with Crippen molar-refractivity contribution in [3.63, 3.8) is 0 Å². The molecule has 0 bridgehead atoms. The van der Waals surface area contributed by atoms with Gasteiger partial charge in [-0.15, -0.1) is 5.10 Å². The van der Waals surface area contributed by atoms with Crippen molar-refractivity contribution >= 4 is 5.97 Å². The van der Waals surface area contributed by atoms with Gasteiger partial charge in [0.2, 0.25) is 0 Å². The summed E-state index contributed by atoms with van der Waals surface area (Å²) < 4.78 is 1.11. The zero-order valence-corrected chi connectivity index (χ0v) is 4.48. The van der Waals surface area contributed by atoms with Crippen LogP contribution in [0.4, 0.5) is 0 Å². The molecule has 0 spiro atoms. The second-order valence-corrected chi connectivity index (χ2v) is 1.41. The molecule has 0 atom stereocenters. The van der Waals surface area contributed by atoms with Gasteiger partial charge in [-0.25, -0.2) is 4.68 Å². The number of rotatable bonds is 2. The SMILES string of the molecule is O=C(O)Cn1[c]cnn1. The Hall–Kier alpha value is -1.39. The number of carboxylic acids is 1. The van der Waals surface area contributed by atoms with Gasteiger partial charge in [-0.3, -0.25) is 4.79 Å². The summed E-state index contributed by atoms with van der Waals surface area (Å²) in [4.78, 5) is 9.96. The minimum atomic E-state index is -0.947. The smallest absolute Gasteiger partial charge is 0.325 e. The Kier molecular flexibility index (Phi) is 1.44. The molecular weight excluding hydrogens is 122 g/mol. The van der Waals surface area contributed by atoms with Crippen molar-refractivity contribution in [1.29, 1.82) is 0 Å². The first kappa shape index (κ1) is 5.74. The lowest BCUT2D eigenvalue weighted by atomic mass is 10.7. The number of aromatic nitrogens is 3. The predicted molar refractivity (Wildman–Crippen MR) is 26.5 cm³/mol. The molecule has 1 N–H and O–H groups in total. The van der Waals surface area contributed by atoms with Gasteiger partial charge < -0.3 is 5.11 Å². The maximum Gasteiger partial charge on any atom is 0.325 e. The number of carbonyl (C=O) groups is 1. The molecule has 1 heterocycles. The molecule has 0 aliphatic rings. The summed E-state index contributed by atoms with van der Waals surface area (Å²) in [5, 5.41) is 14.9. The molecular formula is C4H4N3O2. The zero-order valence-electron chi connectivity index (χ0n) is 4.48. The zero-order chi connectivity index (χ0) is 6.69. The number of hydrogen-bond acceptors (Lipinski definition) is 3. The first-order valence-electron chi connectivity index (χ1n) is 2.27. The minimum Gasteiger partial charge on any atom is -0.480 e. The molecule has 1 aromatic rings. The summed E-state index contributed by atoms with van der Waals surface area (Å²) in [7, 11) is 0. The van der Waals surface area contributed by atoms with Crippen LogP contribution in [0.25, 0.3) is 0 Å². The summed E-state index contributed by atoms with van der Waals surface area (Å²) in [5.74, 6) is -0.947. The van der Waals surface area contributed by atoms with Gasteiger partial charge in [0.05, 0.1) is 6.20 Å². The molecule has 0 saturated carbocycles. The molecule has 5 nitrogen and oxygen atoms in total. The van der Waals surface area contributed by atoms with Crippen molar-refractivity contribution in [2.75, 3.05) is 0 Å². The maximum atomic E-state index is 9.96. The molecule has 1 radical (unpaired) electrons. The summed E-state index contributed by atoms with van der Waals surface area (Å²) in [6.45, 7) is -0.181. The summed E-state index contributed by atoms with van der Waals surface area (Å²) in [6.07, 6.45) is 3.79. The lowest BCUT2D eigenvalue weighted by Crippen LogP contribution is -2.09. The molecule has 0 aromatic carbocycles. The van der Waals surface area contributed by atoms with E-state index in [0.717, 1.165) is 4.68 Å². The number of aliphatic carboxylic acids is 1. The minimum absolute atomic E-state index is 0.181. The summed E-state index contributed by atoms with van der Waals surface area (Å²) >= 11 is 0. The normalized spacial score (nSPS) is 9.33. The second kappa shape index (κ2) is 2.25. The fraction of sp³-hybridized carbons (Fsp3) is 0.250. The fourth-order valence-corrected chi connectivity index (χ4v) is 0.412. The van der Waals surface area contributed by atoms with E-state index in [-0.39, 0.29) is 6.54 Å². The Morgan fingerprint density at radius 2 is 2.67 bits per heavy atom. The first-order valence-corrected chi connectivity index (χ1v) is 2.27. The highest BCUT2D eigenvalue weighted by atomic mass is 16.4. The van der Waals surface area contributed by atoms with E-state index < -0.39 is 5.97 Å². The first-order chi connectivity index (χ1) is 4.29. The van der Waals surface area contributed by atoms with Gasteiger partial charge in [0, 0.05) is 0 Å². The van der Waals surface area contributed by atoms with Crippen LogP contribution in [0.1, 0.15) is 0 Å². The molecule has 1 aromatic heterocycles. The van der Waals surface area contributed by atoms with Crippen LogP contribution in [-0.2, 0) is 11.3 Å². The van der Waals surface area contributed by atoms with Crippen molar-refractivity contribution < 1.29 is 9.90 Å². The predicted octanol–water partition coefficient (Wildman–Crippen LogP) is -0.837. The lowest BCUT2D eigenvalue weighted by molar-refractivity contribution is -0.137. The molecule has 0 fully saturated rings. The Bertz CT molecular complexity index is 194. The molecule has 47 valence electrons. The van der Waals surface area contributed by atoms with Gasteiger partial charge in [-0.2, -0.15) is 0 Å². The number of hydrogen-bond donors (Lipinski definition) is 1. The highest BCUT2D eigenvalue weighted by Crippen LogP contribution is 1.77. The van der Waals surface area contributed by atoms with Gasteiger partial charge in [0.15, 0.2) is 0 Å². The van der Waals surface area contributed by atoms with E-state index in [9.17, 15) is 4.79 Å². The monoisotopic (exact) mass is 126 g/mol. The Morgan fingerprint density at radius 1 is 1.89 bits per heavy atom. The Balaban J connectivity index is 2.58. The quantitative estimate of drug-likeness (QED) is 0.561. The lowest BCUT2D eigenvalue weighted by Gasteiger charge is -1.88. The van der Waals surface area contributed by atoms with Crippen molar-refractivity contribution in [2.24, 2.45) is 0 Å². The average Bonchev–Trinajstić information content (AvgIpc) is 2.15. The van der Waals surface area contributed by atoms with Gasteiger partial charge in [0.1, 0.15) is 12.7 Å². The van der Waals surface area contributed by atoms with E-state index in [1.165, 1.54) is 6.20 Å². The van der Waals surface area contributed by atoms with E-state index in [0.29, 0.717) is 0 Å². The topological polar surface area (TPSA) is 68.0 Å². The number of carboxylic acid groups (broad SMARTS) is 1. The van der Waals surface area contributed by atoms with Crippen LogP contribution in [0.5, 0.6) is 0 Å². The third-order valence-corrected chi connectivity index (χ3v) is 0.709. The average molecular weight is 126 g/mol. The van der Waals surface area contributed by atoms with Crippen LogP contribution in [0.3, 0.4) is 0 Å². The van der Waals surface area contributed by atoms with Crippen molar-refractivity contribution in [2.45, 2.75) is 6.54 Å². The third kappa shape index (κ3) is 1.52. The molecule has 0 saturated heterocycles. The standard InChI is InChI=1S/C4H4N3O2/c8-4(9)3-7-2-1-5-6-7/h1H,3H2,(H,8,9). The van der Waals surface area contributed by atoms with E-state index in [2.05, 4.69) is 16.5 Å². The van der Waals surface area contributed by atoms with Crippen molar-refractivity contribution in [3.8, 4) is 0 Å². The molecule has 0 unspecified atom stereocenters. The summed E-state index contributed by atoms with van der Waals surface area (Å²) in [5.41, 5.74) is 0. The van der Waals surface area contributed by atoms with Gasteiger partial charge in [0.25, 0.3) is 0 Å². The van der Waals surface area contributed by atoms with Crippen LogP contribution in [-0.4, -0.2) is 26.1 Å². The molecule has 0 aliphatic carbocycles. The number of nitrogens with zero attached hydrogens (tertiary/aromatic N) is 3. The fourth-order valence-electron chi connectivity index (χ4n) is 0.412. The van der Waals surface area contributed by atoms with Crippen LogP contribution < -0.4 is 0 Å². The van der Waals surface area contributed by atoms with E-state index >= 15 is 0 Å². The summed E-state index contributed by atoms with van der Waals surface area (Å²) in [6, 6.07) is 0. The van der Waals surface area contributed by atoms with Crippen LogP contribution in [0, 0.1) is 6.20 Å². The highest BCUT2D eigenvalue weighted by molar-refractivity contribution is 5.66.